The molecule has 0 unspecified atom stereocenters. The van der Waals surface area contributed by atoms with Gasteiger partial charge >= 0.3 is 6.18 Å². The summed E-state index contributed by atoms with van der Waals surface area (Å²) in [6, 6.07) is 8.14. The molecule has 2 rings (SSSR count). The highest BCUT2D eigenvalue weighted by molar-refractivity contribution is 7.98. The molecule has 0 aliphatic carbocycles. The van der Waals surface area contributed by atoms with Crippen LogP contribution >= 0.6 is 11.8 Å². The zero-order chi connectivity index (χ0) is 19.4. The quantitative estimate of drug-likeness (QED) is 0.641. The maximum atomic E-state index is 12.7. The molecule has 0 saturated heterocycles. The monoisotopic (exact) mass is 404 g/mol. The highest BCUT2D eigenvalue weighted by Crippen LogP contribution is 2.31. The van der Waals surface area contributed by atoms with E-state index in [2.05, 4.69) is 4.98 Å². The van der Waals surface area contributed by atoms with E-state index >= 15 is 0 Å². The Kier molecular flexibility index (Phi) is 6.70. The first-order valence-electron chi connectivity index (χ1n) is 7.93. The number of rotatable bonds is 7. The van der Waals surface area contributed by atoms with E-state index < -0.39 is 21.8 Å². The van der Waals surface area contributed by atoms with E-state index in [0.29, 0.717) is 29.4 Å². The lowest BCUT2D eigenvalue weighted by Crippen LogP contribution is -2.30. The molecule has 1 aromatic heterocycles. The first-order valence-corrected chi connectivity index (χ1v) is 10.4. The van der Waals surface area contributed by atoms with Crippen LogP contribution in [0.4, 0.5) is 13.2 Å². The van der Waals surface area contributed by atoms with Crippen LogP contribution in [-0.2, 0) is 22.0 Å². The fraction of sp³-hybridized carbons (Fsp3) is 0.353. The molecular weight excluding hydrogens is 385 g/mol. The molecule has 9 heteroatoms. The summed E-state index contributed by atoms with van der Waals surface area (Å²) in [5, 5.41) is 0.543. The van der Waals surface area contributed by atoms with Gasteiger partial charge in [-0.1, -0.05) is 32.0 Å². The number of hydrogen-bond donors (Lipinski definition) is 0. The van der Waals surface area contributed by atoms with Crippen molar-refractivity contribution in [2.45, 2.75) is 35.7 Å². The highest BCUT2D eigenvalue weighted by Gasteiger charge is 2.30. The third-order valence-corrected chi connectivity index (χ3v) is 6.74. The van der Waals surface area contributed by atoms with Gasteiger partial charge in [-0.25, -0.2) is 13.4 Å². The standard InChI is InChI=1S/C17H19F3N2O2S2/c1-3-22(4-2)26(23,24)15-8-9-16(21-11-15)25-12-13-6-5-7-14(10-13)17(18,19)20/h5-11H,3-4,12H2,1-2H3. The lowest BCUT2D eigenvalue weighted by atomic mass is 10.1. The van der Waals surface area contributed by atoms with Gasteiger partial charge < -0.3 is 0 Å². The van der Waals surface area contributed by atoms with Gasteiger partial charge in [0.05, 0.1) is 10.6 Å². The second-order valence-electron chi connectivity index (χ2n) is 5.41. The molecular formula is C17H19F3N2O2S2. The van der Waals surface area contributed by atoms with Gasteiger partial charge in [-0.15, -0.1) is 11.8 Å². The zero-order valence-electron chi connectivity index (χ0n) is 14.3. The smallest absolute Gasteiger partial charge is 0.249 e. The van der Waals surface area contributed by atoms with Crippen molar-refractivity contribution < 1.29 is 21.6 Å². The predicted octanol–water partition coefficient (Wildman–Crippen LogP) is 4.42. The van der Waals surface area contributed by atoms with Crippen LogP contribution in [0, 0.1) is 0 Å². The van der Waals surface area contributed by atoms with Gasteiger partial charge in [0.1, 0.15) is 4.90 Å². The first kappa shape index (κ1) is 20.7. The van der Waals surface area contributed by atoms with Crippen LogP contribution in [0.5, 0.6) is 0 Å². The Morgan fingerprint density at radius 1 is 1.12 bits per heavy atom. The molecule has 0 radical (unpaired) electrons. The molecule has 2 aromatic rings. The molecule has 0 bridgehead atoms. The fourth-order valence-electron chi connectivity index (χ4n) is 2.31. The summed E-state index contributed by atoms with van der Waals surface area (Å²) >= 11 is 1.25. The summed E-state index contributed by atoms with van der Waals surface area (Å²) in [6.45, 7) is 4.25. The maximum Gasteiger partial charge on any atom is 0.416 e. The van der Waals surface area contributed by atoms with Crippen molar-refractivity contribution in [1.29, 1.82) is 0 Å². The van der Waals surface area contributed by atoms with Gasteiger partial charge in [0.25, 0.3) is 0 Å². The van der Waals surface area contributed by atoms with Crippen LogP contribution < -0.4 is 0 Å². The summed E-state index contributed by atoms with van der Waals surface area (Å²) in [7, 11) is -3.57. The Bertz CT molecular complexity index is 834. The van der Waals surface area contributed by atoms with E-state index in [9.17, 15) is 21.6 Å². The minimum Gasteiger partial charge on any atom is -0.249 e. The molecule has 1 aromatic carbocycles. The van der Waals surface area contributed by atoms with E-state index in [1.807, 2.05) is 0 Å². The summed E-state index contributed by atoms with van der Waals surface area (Å²) in [5.74, 6) is 0.305. The van der Waals surface area contributed by atoms with Crippen molar-refractivity contribution in [1.82, 2.24) is 9.29 Å². The van der Waals surface area contributed by atoms with Crippen molar-refractivity contribution in [3.8, 4) is 0 Å². The Morgan fingerprint density at radius 2 is 1.81 bits per heavy atom. The van der Waals surface area contributed by atoms with Gasteiger partial charge in [-0.05, 0) is 23.8 Å². The van der Waals surface area contributed by atoms with Crippen LogP contribution in [0.25, 0.3) is 0 Å². The number of thioether (sulfide) groups is 1. The van der Waals surface area contributed by atoms with Gasteiger partial charge in [0.2, 0.25) is 10.0 Å². The Labute approximate surface area is 155 Å². The topological polar surface area (TPSA) is 50.3 Å². The molecule has 0 amide bonds. The van der Waals surface area contributed by atoms with Crippen LogP contribution in [0.3, 0.4) is 0 Å². The number of nitrogens with zero attached hydrogens (tertiary/aromatic N) is 2. The molecule has 0 spiro atoms. The summed E-state index contributed by atoms with van der Waals surface area (Å²) in [6.07, 6.45) is -3.10. The van der Waals surface area contributed by atoms with E-state index in [0.717, 1.165) is 12.1 Å². The van der Waals surface area contributed by atoms with Crippen LogP contribution in [-0.4, -0.2) is 30.8 Å². The summed E-state index contributed by atoms with van der Waals surface area (Å²) < 4.78 is 64.3. The summed E-state index contributed by atoms with van der Waals surface area (Å²) in [4.78, 5) is 4.22. The van der Waals surface area contributed by atoms with Crippen LogP contribution in [0.15, 0.2) is 52.5 Å². The van der Waals surface area contributed by atoms with Gasteiger partial charge in [0.15, 0.2) is 0 Å². The number of hydrogen-bond acceptors (Lipinski definition) is 4. The first-order chi connectivity index (χ1) is 12.2. The van der Waals surface area contributed by atoms with Crippen LogP contribution in [0.2, 0.25) is 0 Å². The number of aromatic nitrogens is 1. The maximum absolute atomic E-state index is 12.7. The lowest BCUT2D eigenvalue weighted by Gasteiger charge is -2.18. The van der Waals surface area contributed by atoms with Crippen LogP contribution in [0.1, 0.15) is 25.0 Å². The Balaban J connectivity index is 2.09. The van der Waals surface area contributed by atoms with Gasteiger partial charge in [-0.3, -0.25) is 0 Å². The highest BCUT2D eigenvalue weighted by atomic mass is 32.2. The third kappa shape index (κ3) is 4.99. The predicted molar refractivity (Wildman–Crippen MR) is 95.3 cm³/mol. The SMILES string of the molecule is CCN(CC)S(=O)(=O)c1ccc(SCc2cccc(C(F)(F)F)c2)nc1. The summed E-state index contributed by atoms with van der Waals surface area (Å²) in [5.41, 5.74) is -0.171. The van der Waals surface area contributed by atoms with Gasteiger partial charge in [0, 0.05) is 25.0 Å². The van der Waals surface area contributed by atoms with Crippen molar-refractivity contribution in [2.75, 3.05) is 13.1 Å². The zero-order valence-corrected chi connectivity index (χ0v) is 16.0. The Morgan fingerprint density at radius 3 is 2.35 bits per heavy atom. The second kappa shape index (κ2) is 8.41. The fourth-order valence-corrected chi connectivity index (χ4v) is 4.50. The third-order valence-electron chi connectivity index (χ3n) is 3.69. The van der Waals surface area contributed by atoms with Crippen molar-refractivity contribution >= 4 is 21.8 Å². The average Bonchev–Trinajstić information content (AvgIpc) is 2.60. The molecule has 0 fully saturated rings. The molecule has 0 saturated carbocycles. The molecule has 0 atom stereocenters. The number of pyridine rings is 1. The molecule has 142 valence electrons. The minimum atomic E-state index is -4.38. The number of benzene rings is 1. The number of halogens is 3. The Hall–Kier alpha value is -1.58. The van der Waals surface area contributed by atoms with E-state index in [-0.39, 0.29) is 4.90 Å². The lowest BCUT2D eigenvalue weighted by molar-refractivity contribution is -0.137. The molecule has 26 heavy (non-hydrogen) atoms. The number of sulfonamides is 1. The normalized spacial score (nSPS) is 12.5. The van der Waals surface area contributed by atoms with Crippen molar-refractivity contribution in [2.24, 2.45) is 0 Å². The molecule has 0 aliphatic rings. The van der Waals surface area contributed by atoms with Crippen molar-refractivity contribution in [3.05, 3.63) is 53.7 Å². The minimum absolute atomic E-state index is 0.101. The van der Waals surface area contributed by atoms with Gasteiger partial charge in [-0.2, -0.15) is 17.5 Å². The average molecular weight is 404 g/mol. The van der Waals surface area contributed by atoms with E-state index in [1.165, 1.54) is 34.4 Å². The largest absolute Gasteiger partial charge is 0.416 e. The molecule has 4 nitrogen and oxygen atoms in total. The number of alkyl halides is 3. The molecule has 0 N–H and O–H groups in total. The van der Waals surface area contributed by atoms with E-state index in [1.54, 1.807) is 26.0 Å². The van der Waals surface area contributed by atoms with E-state index in [4.69, 9.17) is 0 Å². The van der Waals surface area contributed by atoms with Crippen molar-refractivity contribution in [3.63, 3.8) is 0 Å². The second-order valence-corrected chi connectivity index (χ2v) is 8.34. The molecule has 1 heterocycles. The molecule has 0 aliphatic heterocycles.